The van der Waals surface area contributed by atoms with E-state index >= 15 is 0 Å². The number of β-amino-alcohol motifs (C(OH)–C–C–N with tert-alkyl or cyclic N) is 1. The van der Waals surface area contributed by atoms with Crippen LogP contribution in [0.3, 0.4) is 0 Å². The van der Waals surface area contributed by atoms with E-state index in [0.717, 1.165) is 31.9 Å². The number of benzene rings is 1. The Kier molecular flexibility index (Phi) is 5.05. The van der Waals surface area contributed by atoms with Gasteiger partial charge in [0.05, 0.1) is 18.4 Å². The second-order valence-corrected chi connectivity index (χ2v) is 4.84. The molecule has 0 amide bonds. The van der Waals surface area contributed by atoms with Crippen molar-refractivity contribution in [1.29, 1.82) is 0 Å². The number of hydrogen-bond donors (Lipinski definition) is 1. The Bertz CT molecular complexity index is 387. The summed E-state index contributed by atoms with van der Waals surface area (Å²) in [6.45, 7) is 10.8. The molecule has 0 aromatic heterocycles. The normalized spacial score (nSPS) is 18.4. The lowest BCUT2D eigenvalue weighted by Crippen LogP contribution is -2.48. The molecule has 0 spiro atoms. The third kappa shape index (κ3) is 3.85. The van der Waals surface area contributed by atoms with Crippen LogP contribution in [0.25, 0.3) is 0 Å². The quantitative estimate of drug-likeness (QED) is 0.871. The van der Waals surface area contributed by atoms with Gasteiger partial charge in [0, 0.05) is 32.7 Å². The zero-order valence-electron chi connectivity index (χ0n) is 11.6. The first-order valence-electron chi connectivity index (χ1n) is 6.91. The van der Waals surface area contributed by atoms with Gasteiger partial charge in [-0.15, -0.1) is 0 Å². The van der Waals surface area contributed by atoms with E-state index in [2.05, 4.69) is 22.8 Å². The van der Waals surface area contributed by atoms with E-state index in [1.165, 1.54) is 5.69 Å². The van der Waals surface area contributed by atoms with Crippen molar-refractivity contribution in [2.45, 2.75) is 13.0 Å². The standard InChI is InChI=1S/C15H23N2O2/c1-3-19-15-7-5-4-6-14(15)17-10-8-16(9-11-17)12-13(2)18/h4-7,13,18H,2-3,8-12H2,1H3. The van der Waals surface area contributed by atoms with Gasteiger partial charge >= 0.3 is 0 Å². The fourth-order valence-corrected chi connectivity index (χ4v) is 2.47. The zero-order valence-corrected chi connectivity index (χ0v) is 11.6. The number of piperazine rings is 1. The number of aliphatic hydroxyl groups excluding tert-OH is 1. The maximum Gasteiger partial charge on any atom is 0.142 e. The maximum atomic E-state index is 9.32. The molecule has 0 saturated carbocycles. The lowest BCUT2D eigenvalue weighted by Gasteiger charge is -2.37. The molecule has 1 heterocycles. The topological polar surface area (TPSA) is 35.9 Å². The number of hydrogen-bond acceptors (Lipinski definition) is 4. The van der Waals surface area contributed by atoms with Crippen molar-refractivity contribution < 1.29 is 9.84 Å². The summed E-state index contributed by atoms with van der Waals surface area (Å²) in [5.74, 6) is 0.954. The molecule has 19 heavy (non-hydrogen) atoms. The molecule has 0 aliphatic carbocycles. The number of anilines is 1. The minimum absolute atomic E-state index is 0.498. The Morgan fingerprint density at radius 3 is 2.58 bits per heavy atom. The molecule has 2 rings (SSSR count). The molecule has 1 N–H and O–H groups in total. The summed E-state index contributed by atoms with van der Waals surface area (Å²) in [5.41, 5.74) is 1.17. The molecule has 4 heteroatoms. The monoisotopic (exact) mass is 263 g/mol. The van der Waals surface area contributed by atoms with Gasteiger partial charge in [0.1, 0.15) is 5.75 Å². The van der Waals surface area contributed by atoms with Crippen LogP contribution in [0.15, 0.2) is 24.3 Å². The molecule has 1 aliphatic heterocycles. The van der Waals surface area contributed by atoms with Crippen LogP contribution in [-0.2, 0) is 0 Å². The average Bonchev–Trinajstić information content (AvgIpc) is 2.40. The number of aliphatic hydroxyl groups is 1. The van der Waals surface area contributed by atoms with Crippen molar-refractivity contribution in [3.63, 3.8) is 0 Å². The molecule has 1 atom stereocenters. The summed E-state index contributed by atoms with van der Waals surface area (Å²) < 4.78 is 5.68. The summed E-state index contributed by atoms with van der Waals surface area (Å²) in [7, 11) is 0. The van der Waals surface area contributed by atoms with Gasteiger partial charge in [-0.05, 0) is 26.0 Å². The van der Waals surface area contributed by atoms with Crippen molar-refractivity contribution in [2.24, 2.45) is 0 Å². The molecule has 4 nitrogen and oxygen atoms in total. The minimum Gasteiger partial charge on any atom is -0.492 e. The lowest BCUT2D eigenvalue weighted by molar-refractivity contribution is 0.140. The molecule has 105 valence electrons. The van der Waals surface area contributed by atoms with Crippen LogP contribution < -0.4 is 9.64 Å². The Morgan fingerprint density at radius 1 is 1.26 bits per heavy atom. The average molecular weight is 263 g/mol. The van der Waals surface area contributed by atoms with Crippen LogP contribution in [0, 0.1) is 6.92 Å². The maximum absolute atomic E-state index is 9.32. The van der Waals surface area contributed by atoms with Gasteiger partial charge in [-0.3, -0.25) is 4.90 Å². The van der Waals surface area contributed by atoms with Crippen LogP contribution in [-0.4, -0.2) is 55.4 Å². The van der Waals surface area contributed by atoms with Crippen molar-refractivity contribution in [3.05, 3.63) is 31.2 Å². The summed E-state index contributed by atoms with van der Waals surface area (Å²) in [5, 5.41) is 9.32. The highest BCUT2D eigenvalue weighted by molar-refractivity contribution is 5.58. The first-order chi connectivity index (χ1) is 9.20. The van der Waals surface area contributed by atoms with Gasteiger partial charge < -0.3 is 14.7 Å². The summed E-state index contributed by atoms with van der Waals surface area (Å²) in [6.07, 6.45) is -0.498. The number of para-hydroxylation sites is 2. The zero-order chi connectivity index (χ0) is 13.7. The Labute approximate surface area is 115 Å². The molecule has 1 aliphatic rings. The molecule has 1 aromatic carbocycles. The molecule has 0 bridgehead atoms. The highest BCUT2D eigenvalue weighted by Crippen LogP contribution is 2.28. The first-order valence-corrected chi connectivity index (χ1v) is 6.91. The van der Waals surface area contributed by atoms with Crippen LogP contribution in [0.5, 0.6) is 5.75 Å². The van der Waals surface area contributed by atoms with Gasteiger partial charge in [-0.2, -0.15) is 0 Å². The van der Waals surface area contributed by atoms with E-state index in [1.807, 2.05) is 25.1 Å². The highest BCUT2D eigenvalue weighted by Gasteiger charge is 2.20. The number of ether oxygens (including phenoxy) is 1. The minimum atomic E-state index is -0.498. The number of rotatable bonds is 5. The second-order valence-electron chi connectivity index (χ2n) is 4.84. The molecular weight excluding hydrogens is 240 g/mol. The van der Waals surface area contributed by atoms with Crippen LogP contribution in [0.1, 0.15) is 6.92 Å². The predicted molar refractivity (Wildman–Crippen MR) is 77.6 cm³/mol. The van der Waals surface area contributed by atoms with E-state index in [9.17, 15) is 5.11 Å². The first kappa shape index (κ1) is 14.2. The summed E-state index contributed by atoms with van der Waals surface area (Å²) >= 11 is 0. The van der Waals surface area contributed by atoms with Crippen molar-refractivity contribution in [3.8, 4) is 5.75 Å². The van der Waals surface area contributed by atoms with E-state index in [0.29, 0.717) is 13.2 Å². The Morgan fingerprint density at radius 2 is 1.95 bits per heavy atom. The fraction of sp³-hybridized carbons (Fsp3) is 0.533. The molecule has 1 unspecified atom stereocenters. The van der Waals surface area contributed by atoms with Gasteiger partial charge in [0.2, 0.25) is 0 Å². The second kappa shape index (κ2) is 6.78. The third-order valence-electron chi connectivity index (χ3n) is 3.35. The lowest BCUT2D eigenvalue weighted by atomic mass is 10.2. The SMILES string of the molecule is [CH2]C(O)CN1CCN(c2ccccc2OCC)CC1. The molecule has 1 aromatic rings. The molecule has 1 saturated heterocycles. The van der Waals surface area contributed by atoms with E-state index in [4.69, 9.17) is 4.74 Å². The molecule has 1 fully saturated rings. The van der Waals surface area contributed by atoms with Gasteiger partial charge in [0.25, 0.3) is 0 Å². The van der Waals surface area contributed by atoms with Crippen molar-refractivity contribution >= 4 is 5.69 Å². The van der Waals surface area contributed by atoms with Crippen molar-refractivity contribution in [1.82, 2.24) is 4.90 Å². The van der Waals surface area contributed by atoms with Gasteiger partial charge in [-0.25, -0.2) is 0 Å². The molecule has 1 radical (unpaired) electrons. The van der Waals surface area contributed by atoms with E-state index < -0.39 is 6.10 Å². The molecular formula is C15H23N2O2. The van der Waals surface area contributed by atoms with Crippen molar-refractivity contribution in [2.75, 3.05) is 44.2 Å². The van der Waals surface area contributed by atoms with E-state index in [-0.39, 0.29) is 0 Å². The van der Waals surface area contributed by atoms with Gasteiger partial charge in [-0.1, -0.05) is 12.1 Å². The summed E-state index contributed by atoms with van der Waals surface area (Å²) in [4.78, 5) is 4.59. The summed E-state index contributed by atoms with van der Waals surface area (Å²) in [6, 6.07) is 8.18. The highest BCUT2D eigenvalue weighted by atomic mass is 16.5. The number of nitrogens with zero attached hydrogens (tertiary/aromatic N) is 2. The van der Waals surface area contributed by atoms with Crippen LogP contribution >= 0.6 is 0 Å². The Balaban J connectivity index is 1.97. The van der Waals surface area contributed by atoms with Gasteiger partial charge in [0.15, 0.2) is 0 Å². The predicted octanol–water partition coefficient (Wildman–Crippen LogP) is 1.40. The Hall–Kier alpha value is -1.26. The fourth-order valence-electron chi connectivity index (χ4n) is 2.47. The largest absolute Gasteiger partial charge is 0.492 e. The van der Waals surface area contributed by atoms with Crippen LogP contribution in [0.2, 0.25) is 0 Å². The van der Waals surface area contributed by atoms with Crippen LogP contribution in [0.4, 0.5) is 5.69 Å². The van der Waals surface area contributed by atoms with E-state index in [1.54, 1.807) is 0 Å². The smallest absolute Gasteiger partial charge is 0.142 e. The third-order valence-corrected chi connectivity index (χ3v) is 3.35.